The van der Waals surface area contributed by atoms with Crippen LogP contribution in [0.25, 0.3) is 0 Å². The number of carbonyl (C=O) groups excluding carboxylic acids is 3. The number of hydrogen-bond donors (Lipinski definition) is 3. The molecule has 10 heteroatoms. The summed E-state index contributed by atoms with van der Waals surface area (Å²) in [5, 5.41) is 13.3. The summed E-state index contributed by atoms with van der Waals surface area (Å²) in [5.74, 6) is -1.23. The fourth-order valence-corrected chi connectivity index (χ4v) is 3.94. The van der Waals surface area contributed by atoms with Gasteiger partial charge in [0.1, 0.15) is 0 Å². The molecular formula is C22H32N4O6. The first kappa shape index (κ1) is 25.3. The molecular weight excluding hydrogens is 416 g/mol. The summed E-state index contributed by atoms with van der Waals surface area (Å²) in [7, 11) is 1.62. The van der Waals surface area contributed by atoms with Gasteiger partial charge in [0.15, 0.2) is 0 Å². The molecule has 176 valence electrons. The van der Waals surface area contributed by atoms with Crippen molar-refractivity contribution in [3.05, 3.63) is 30.1 Å². The monoisotopic (exact) mass is 448 g/mol. The maximum absolute atomic E-state index is 12.6. The van der Waals surface area contributed by atoms with Crippen molar-refractivity contribution in [3.8, 4) is 0 Å². The molecule has 0 unspecified atom stereocenters. The highest BCUT2D eigenvalue weighted by Gasteiger charge is 2.35. The molecule has 2 aliphatic rings. The van der Waals surface area contributed by atoms with Crippen LogP contribution in [-0.4, -0.2) is 71.0 Å². The van der Waals surface area contributed by atoms with Gasteiger partial charge in [-0.1, -0.05) is 6.07 Å². The maximum Gasteiger partial charge on any atom is 0.300 e. The molecule has 0 bridgehead atoms. The Morgan fingerprint density at radius 2 is 2.03 bits per heavy atom. The number of aliphatic carboxylic acids is 1. The third-order valence-electron chi connectivity index (χ3n) is 5.48. The largest absolute Gasteiger partial charge is 0.481 e. The molecule has 3 rings (SSSR count). The molecule has 1 aliphatic heterocycles. The molecule has 2 heterocycles. The molecule has 0 radical (unpaired) electrons. The number of carbonyl (C=O) groups is 4. The Morgan fingerprint density at radius 3 is 2.62 bits per heavy atom. The molecule has 0 spiro atoms. The zero-order valence-corrected chi connectivity index (χ0v) is 18.6. The van der Waals surface area contributed by atoms with Gasteiger partial charge in [0.2, 0.25) is 17.7 Å². The van der Waals surface area contributed by atoms with Crippen LogP contribution in [0.3, 0.4) is 0 Å². The van der Waals surface area contributed by atoms with Crippen molar-refractivity contribution in [2.45, 2.75) is 57.7 Å². The summed E-state index contributed by atoms with van der Waals surface area (Å²) in [4.78, 5) is 51.5. The lowest BCUT2D eigenvalue weighted by Gasteiger charge is -2.35. The third-order valence-corrected chi connectivity index (χ3v) is 5.48. The second-order valence-corrected chi connectivity index (χ2v) is 7.93. The van der Waals surface area contributed by atoms with E-state index < -0.39 is 5.97 Å². The van der Waals surface area contributed by atoms with Crippen LogP contribution in [0.5, 0.6) is 0 Å². The Hall–Kier alpha value is -3.01. The lowest BCUT2D eigenvalue weighted by Crippen LogP contribution is -2.52. The van der Waals surface area contributed by atoms with Gasteiger partial charge in [0.05, 0.1) is 30.9 Å². The number of carboxylic acids is 1. The Kier molecular flexibility index (Phi) is 10.1. The Balaban J connectivity index is 0.000000837. The SMILES string of the molecule is CC(=O)O.CO[C@@H]1CC[C@H](C(=O)NCc2ccccn2)C[C@H]1NC(=O)CN1CCCC1=O. The summed E-state index contributed by atoms with van der Waals surface area (Å²) in [5.41, 5.74) is 0.807. The summed E-state index contributed by atoms with van der Waals surface area (Å²) < 4.78 is 5.52. The van der Waals surface area contributed by atoms with E-state index in [1.165, 1.54) is 0 Å². The van der Waals surface area contributed by atoms with E-state index in [0.717, 1.165) is 19.0 Å². The van der Waals surface area contributed by atoms with Crippen molar-refractivity contribution in [1.29, 1.82) is 0 Å². The summed E-state index contributed by atoms with van der Waals surface area (Å²) in [6.07, 6.45) is 4.81. The number of likely N-dealkylation sites (tertiary alicyclic amines) is 1. The Bertz CT molecular complexity index is 784. The highest BCUT2D eigenvalue weighted by atomic mass is 16.5. The van der Waals surface area contributed by atoms with Crippen molar-refractivity contribution in [1.82, 2.24) is 20.5 Å². The molecule has 32 heavy (non-hydrogen) atoms. The Morgan fingerprint density at radius 1 is 1.28 bits per heavy atom. The molecule has 10 nitrogen and oxygen atoms in total. The molecule has 3 atom stereocenters. The zero-order valence-electron chi connectivity index (χ0n) is 18.6. The second-order valence-electron chi connectivity index (χ2n) is 7.93. The standard InChI is InChI=1S/C20H28N4O4.C2H4O2/c1-28-17-8-7-14(20(27)22-12-15-5-2-3-9-21-15)11-16(17)23-18(25)13-24-10-4-6-19(24)26;1-2(3)4/h2-3,5,9,14,16-17H,4,6-8,10-13H2,1H3,(H,22,27)(H,23,25);1H3,(H,3,4)/t14-,16+,17+;/m0./s1. The quantitative estimate of drug-likeness (QED) is 0.558. The number of carboxylic acid groups (broad SMARTS) is 1. The number of rotatable bonds is 7. The van der Waals surface area contributed by atoms with Crippen LogP contribution in [-0.2, 0) is 30.5 Å². The maximum atomic E-state index is 12.6. The number of nitrogens with zero attached hydrogens (tertiary/aromatic N) is 2. The predicted molar refractivity (Wildman–Crippen MR) is 115 cm³/mol. The highest BCUT2D eigenvalue weighted by molar-refractivity contribution is 5.86. The molecule has 1 aliphatic carbocycles. The number of pyridine rings is 1. The van der Waals surface area contributed by atoms with Crippen LogP contribution in [0.2, 0.25) is 0 Å². The minimum atomic E-state index is -0.833. The van der Waals surface area contributed by atoms with Gasteiger partial charge in [-0.15, -0.1) is 0 Å². The topological polar surface area (TPSA) is 138 Å². The van der Waals surface area contributed by atoms with E-state index >= 15 is 0 Å². The molecule has 2 fully saturated rings. The molecule has 1 aromatic heterocycles. The van der Waals surface area contributed by atoms with Gasteiger partial charge in [0, 0.05) is 39.1 Å². The van der Waals surface area contributed by atoms with Crippen LogP contribution < -0.4 is 10.6 Å². The zero-order chi connectivity index (χ0) is 23.5. The average Bonchev–Trinajstić information content (AvgIpc) is 3.16. The Labute approximate surface area is 187 Å². The van der Waals surface area contributed by atoms with E-state index in [0.29, 0.717) is 38.8 Å². The normalized spacial score (nSPS) is 22.5. The van der Waals surface area contributed by atoms with E-state index in [4.69, 9.17) is 14.6 Å². The van der Waals surface area contributed by atoms with Gasteiger partial charge in [0.25, 0.3) is 5.97 Å². The van der Waals surface area contributed by atoms with E-state index in [-0.39, 0.29) is 42.3 Å². The number of hydrogen-bond acceptors (Lipinski definition) is 6. The van der Waals surface area contributed by atoms with Crippen LogP contribution in [0, 0.1) is 5.92 Å². The van der Waals surface area contributed by atoms with Crippen LogP contribution in [0.4, 0.5) is 0 Å². The molecule has 1 saturated heterocycles. The molecule has 1 saturated carbocycles. The number of nitrogens with one attached hydrogen (secondary N) is 2. The summed E-state index contributed by atoms with van der Waals surface area (Å²) >= 11 is 0. The number of ether oxygens (including phenoxy) is 1. The fourth-order valence-electron chi connectivity index (χ4n) is 3.94. The molecule has 3 amide bonds. The summed E-state index contributed by atoms with van der Waals surface area (Å²) in [6, 6.07) is 5.34. The van der Waals surface area contributed by atoms with Gasteiger partial charge in [-0.3, -0.25) is 24.2 Å². The lowest BCUT2D eigenvalue weighted by molar-refractivity contribution is -0.134. The van der Waals surface area contributed by atoms with Crippen molar-refractivity contribution in [3.63, 3.8) is 0 Å². The average molecular weight is 449 g/mol. The van der Waals surface area contributed by atoms with Gasteiger partial charge >= 0.3 is 0 Å². The predicted octanol–water partition coefficient (Wildman–Crippen LogP) is 0.711. The molecule has 1 aromatic rings. The highest BCUT2D eigenvalue weighted by Crippen LogP contribution is 2.27. The van der Waals surface area contributed by atoms with Gasteiger partial charge in [-0.2, -0.15) is 0 Å². The van der Waals surface area contributed by atoms with E-state index in [1.54, 1.807) is 18.2 Å². The van der Waals surface area contributed by atoms with E-state index in [1.807, 2.05) is 18.2 Å². The van der Waals surface area contributed by atoms with Gasteiger partial charge in [-0.05, 0) is 37.8 Å². The fraction of sp³-hybridized carbons (Fsp3) is 0.591. The van der Waals surface area contributed by atoms with E-state index in [2.05, 4.69) is 15.6 Å². The van der Waals surface area contributed by atoms with Crippen LogP contribution >= 0.6 is 0 Å². The smallest absolute Gasteiger partial charge is 0.300 e. The molecule has 3 N–H and O–H groups in total. The van der Waals surface area contributed by atoms with Crippen LogP contribution in [0.1, 0.15) is 44.7 Å². The lowest BCUT2D eigenvalue weighted by atomic mass is 9.83. The van der Waals surface area contributed by atoms with E-state index in [9.17, 15) is 14.4 Å². The minimum absolute atomic E-state index is 0.0221. The van der Waals surface area contributed by atoms with Crippen molar-refractivity contribution in [2.75, 3.05) is 20.2 Å². The van der Waals surface area contributed by atoms with Crippen molar-refractivity contribution >= 4 is 23.7 Å². The van der Waals surface area contributed by atoms with Crippen molar-refractivity contribution < 1.29 is 29.0 Å². The van der Waals surface area contributed by atoms with Gasteiger partial charge in [-0.25, -0.2) is 0 Å². The number of aromatic nitrogens is 1. The first-order valence-corrected chi connectivity index (χ1v) is 10.8. The number of methoxy groups -OCH3 is 1. The second kappa shape index (κ2) is 12.7. The first-order valence-electron chi connectivity index (χ1n) is 10.8. The number of amides is 3. The van der Waals surface area contributed by atoms with Gasteiger partial charge < -0.3 is 25.4 Å². The molecule has 0 aromatic carbocycles. The minimum Gasteiger partial charge on any atom is -0.481 e. The van der Waals surface area contributed by atoms with Crippen LogP contribution in [0.15, 0.2) is 24.4 Å². The first-order chi connectivity index (χ1) is 15.3. The van der Waals surface area contributed by atoms with Crippen molar-refractivity contribution in [2.24, 2.45) is 5.92 Å². The summed E-state index contributed by atoms with van der Waals surface area (Å²) in [6.45, 7) is 2.17. The third kappa shape index (κ3) is 8.26.